The first kappa shape index (κ1) is 22.2. The molecular weight excluding hydrogens is 444 g/mol. The number of H-pyrrole nitrogens is 1. The number of carboxylic acid groups (broad SMARTS) is 1. The van der Waals surface area contributed by atoms with Crippen molar-refractivity contribution in [3.63, 3.8) is 0 Å². The molecule has 0 radical (unpaired) electrons. The van der Waals surface area contributed by atoms with Gasteiger partial charge in [0, 0.05) is 48.1 Å². The Morgan fingerprint density at radius 3 is 2.71 bits per heavy atom. The summed E-state index contributed by atoms with van der Waals surface area (Å²) in [6.07, 6.45) is 11.9. The number of rotatable bonds is 6. The van der Waals surface area contributed by atoms with E-state index in [-0.39, 0.29) is 12.1 Å². The Balaban J connectivity index is 1.35. The Bertz CT molecular complexity index is 1260. The van der Waals surface area contributed by atoms with E-state index in [4.69, 9.17) is 20.2 Å². The lowest BCUT2D eigenvalue weighted by molar-refractivity contribution is 0.0254. The zero-order valence-electron chi connectivity index (χ0n) is 19.6. The summed E-state index contributed by atoms with van der Waals surface area (Å²) in [6.45, 7) is 1.43. The van der Waals surface area contributed by atoms with Crippen LogP contribution in [0, 0.1) is 5.92 Å². The van der Waals surface area contributed by atoms with Crippen LogP contribution in [0.25, 0.3) is 22.5 Å². The second-order valence-electron chi connectivity index (χ2n) is 9.85. The molecule has 1 saturated carbocycles. The van der Waals surface area contributed by atoms with Gasteiger partial charge in [-0.25, -0.2) is 4.79 Å². The van der Waals surface area contributed by atoms with Crippen molar-refractivity contribution in [2.24, 2.45) is 11.7 Å². The summed E-state index contributed by atoms with van der Waals surface area (Å²) < 4.78 is 11.6. The van der Waals surface area contributed by atoms with Crippen LogP contribution in [0.4, 0.5) is 0 Å². The summed E-state index contributed by atoms with van der Waals surface area (Å²) in [5.74, 6) is 0.147. The van der Waals surface area contributed by atoms with Crippen molar-refractivity contribution < 1.29 is 19.4 Å². The van der Waals surface area contributed by atoms with Gasteiger partial charge in [0.1, 0.15) is 11.9 Å². The number of hydrogen-bond donors (Lipinski definition) is 3. The van der Waals surface area contributed by atoms with Crippen molar-refractivity contribution in [3.05, 3.63) is 53.1 Å². The number of aromatic amines is 1. The quantitative estimate of drug-likeness (QED) is 0.487. The van der Waals surface area contributed by atoms with Crippen LogP contribution < -0.4 is 10.5 Å². The molecule has 8 heteroatoms. The summed E-state index contributed by atoms with van der Waals surface area (Å²) in [7, 11) is 0. The minimum atomic E-state index is -0.910. The molecule has 1 aliphatic heterocycles. The fourth-order valence-electron chi connectivity index (χ4n) is 5.51. The van der Waals surface area contributed by atoms with Crippen LogP contribution in [0.2, 0.25) is 0 Å². The largest absolute Gasteiger partial charge is 0.489 e. The molecule has 4 N–H and O–H groups in total. The molecule has 182 valence electrons. The summed E-state index contributed by atoms with van der Waals surface area (Å²) in [6, 6.07) is 3.72. The fraction of sp³-hybridized carbons (Fsp3) is 0.444. The van der Waals surface area contributed by atoms with Crippen molar-refractivity contribution in [1.82, 2.24) is 15.0 Å². The van der Waals surface area contributed by atoms with Gasteiger partial charge in [0.15, 0.2) is 0 Å². The number of pyridine rings is 2. The Kier molecular flexibility index (Phi) is 5.78. The maximum atomic E-state index is 12.3. The van der Waals surface area contributed by atoms with E-state index in [0.717, 1.165) is 77.9 Å². The zero-order chi connectivity index (χ0) is 23.9. The summed E-state index contributed by atoms with van der Waals surface area (Å²) in [5, 5.41) is 10.1. The highest BCUT2D eigenvalue weighted by atomic mass is 16.5. The number of nitrogens with zero attached hydrogens (tertiary/aromatic N) is 2. The number of nitrogens with two attached hydrogens (primary N) is 1. The predicted molar refractivity (Wildman–Crippen MR) is 130 cm³/mol. The second kappa shape index (κ2) is 9.09. The van der Waals surface area contributed by atoms with Gasteiger partial charge in [-0.15, -0.1) is 0 Å². The van der Waals surface area contributed by atoms with Crippen LogP contribution >= 0.6 is 0 Å². The van der Waals surface area contributed by atoms with Gasteiger partial charge in [0.2, 0.25) is 0 Å². The number of carbonyl (C=O) groups is 1. The standard InChI is InChI=1S/C27H30N4O4/c28-24(15-2-1-3-15)26-23(27(32)33)20-5-4-16-13-30-22(11-21(16)25(20)31-26)17-10-19(14-29-12-17)35-18-6-8-34-9-7-18/h10-15,18,24,31H,1-9,28H2,(H,32,33). The van der Waals surface area contributed by atoms with E-state index >= 15 is 0 Å². The van der Waals surface area contributed by atoms with Crippen molar-refractivity contribution in [3.8, 4) is 28.3 Å². The molecule has 6 rings (SSSR count). The first-order valence-electron chi connectivity index (χ1n) is 12.5. The smallest absolute Gasteiger partial charge is 0.337 e. The van der Waals surface area contributed by atoms with Crippen molar-refractivity contribution in [1.29, 1.82) is 0 Å². The summed E-state index contributed by atoms with van der Waals surface area (Å²) in [5.41, 5.74) is 13.0. The van der Waals surface area contributed by atoms with E-state index in [1.165, 1.54) is 0 Å². The van der Waals surface area contributed by atoms with Gasteiger partial charge in [-0.2, -0.15) is 0 Å². The number of nitrogens with one attached hydrogen (secondary N) is 1. The second-order valence-corrected chi connectivity index (χ2v) is 9.85. The minimum absolute atomic E-state index is 0.131. The van der Waals surface area contributed by atoms with Gasteiger partial charge in [0.05, 0.1) is 36.4 Å². The highest BCUT2D eigenvalue weighted by Gasteiger charge is 2.34. The molecule has 8 nitrogen and oxygen atoms in total. The third kappa shape index (κ3) is 4.10. The Hall–Kier alpha value is -3.23. The minimum Gasteiger partial charge on any atom is -0.489 e. The topological polar surface area (TPSA) is 123 Å². The van der Waals surface area contributed by atoms with Crippen LogP contribution in [0.5, 0.6) is 5.75 Å². The molecule has 2 aliphatic carbocycles. The third-order valence-electron chi connectivity index (χ3n) is 7.72. The van der Waals surface area contributed by atoms with Gasteiger partial charge in [-0.1, -0.05) is 6.42 Å². The van der Waals surface area contributed by atoms with Crippen LogP contribution in [0.1, 0.15) is 65.3 Å². The van der Waals surface area contributed by atoms with Gasteiger partial charge in [-0.3, -0.25) is 9.97 Å². The van der Waals surface area contributed by atoms with Crippen LogP contribution in [0.3, 0.4) is 0 Å². The third-order valence-corrected chi connectivity index (χ3v) is 7.72. The molecule has 0 bridgehead atoms. The molecule has 3 aromatic heterocycles. The van der Waals surface area contributed by atoms with E-state index in [1.54, 1.807) is 12.4 Å². The predicted octanol–water partition coefficient (Wildman–Crippen LogP) is 4.29. The fourth-order valence-corrected chi connectivity index (χ4v) is 5.51. The highest BCUT2D eigenvalue weighted by Crippen LogP contribution is 2.43. The van der Waals surface area contributed by atoms with Crippen molar-refractivity contribution >= 4 is 5.97 Å². The summed E-state index contributed by atoms with van der Waals surface area (Å²) in [4.78, 5) is 24.8. The highest BCUT2D eigenvalue weighted by molar-refractivity contribution is 5.95. The Morgan fingerprint density at radius 1 is 1.14 bits per heavy atom. The van der Waals surface area contributed by atoms with Crippen molar-refractivity contribution in [2.45, 2.75) is 57.1 Å². The number of aromatic carboxylic acids is 1. The number of hydrogen-bond acceptors (Lipinski definition) is 6. The molecule has 1 saturated heterocycles. The lowest BCUT2D eigenvalue weighted by atomic mass is 9.78. The molecule has 0 aromatic carbocycles. The van der Waals surface area contributed by atoms with E-state index in [0.29, 0.717) is 36.8 Å². The number of ether oxygens (including phenoxy) is 2. The maximum absolute atomic E-state index is 12.3. The van der Waals surface area contributed by atoms with Gasteiger partial charge < -0.3 is 25.3 Å². The average molecular weight is 475 g/mol. The number of fused-ring (bicyclic) bond motifs is 3. The van der Waals surface area contributed by atoms with E-state index in [9.17, 15) is 9.90 Å². The van der Waals surface area contributed by atoms with E-state index in [2.05, 4.69) is 9.97 Å². The monoisotopic (exact) mass is 474 g/mol. The van der Waals surface area contributed by atoms with Gasteiger partial charge in [0.25, 0.3) is 0 Å². The Morgan fingerprint density at radius 2 is 1.97 bits per heavy atom. The lowest BCUT2D eigenvalue weighted by Gasteiger charge is -2.31. The molecule has 3 aromatic rings. The molecule has 3 aliphatic rings. The van der Waals surface area contributed by atoms with Crippen molar-refractivity contribution in [2.75, 3.05) is 13.2 Å². The Labute approximate surface area is 203 Å². The number of aryl methyl sites for hydroxylation is 1. The molecule has 0 amide bonds. The number of carboxylic acids is 1. The van der Waals surface area contributed by atoms with E-state index < -0.39 is 5.97 Å². The van der Waals surface area contributed by atoms with Crippen LogP contribution in [-0.2, 0) is 17.6 Å². The molecule has 4 heterocycles. The molecule has 1 atom stereocenters. The SMILES string of the molecule is NC(c1[nH]c2c(c1C(=O)O)CCc1cnc(-c3cncc(OC4CCOCC4)c3)cc1-2)C1CCC1. The van der Waals surface area contributed by atoms with E-state index in [1.807, 2.05) is 18.3 Å². The molecule has 1 unspecified atom stereocenters. The lowest BCUT2D eigenvalue weighted by Crippen LogP contribution is -2.28. The molecule has 0 spiro atoms. The summed E-state index contributed by atoms with van der Waals surface area (Å²) >= 11 is 0. The average Bonchev–Trinajstić information content (AvgIpc) is 3.24. The molecule has 35 heavy (non-hydrogen) atoms. The molecular formula is C27H30N4O4. The van der Waals surface area contributed by atoms with Gasteiger partial charge in [-0.05, 0) is 54.9 Å². The van der Waals surface area contributed by atoms with Gasteiger partial charge >= 0.3 is 5.97 Å². The van der Waals surface area contributed by atoms with Crippen LogP contribution in [0.15, 0.2) is 30.7 Å². The number of aromatic nitrogens is 3. The maximum Gasteiger partial charge on any atom is 0.337 e. The zero-order valence-corrected chi connectivity index (χ0v) is 19.6. The molecule has 2 fully saturated rings. The first-order valence-corrected chi connectivity index (χ1v) is 12.5. The first-order chi connectivity index (χ1) is 17.1. The van der Waals surface area contributed by atoms with Crippen LogP contribution in [-0.4, -0.2) is 45.3 Å². The normalized spacial score (nSPS) is 18.9.